The van der Waals surface area contributed by atoms with E-state index >= 15 is 0 Å². The number of carbonyl (C=O) groups is 1. The number of anilines is 1. The van der Waals surface area contributed by atoms with E-state index in [4.69, 9.17) is 10.5 Å². The summed E-state index contributed by atoms with van der Waals surface area (Å²) in [5, 5.41) is 12.8. The molecule has 1 saturated carbocycles. The molecule has 6 heteroatoms. The molecule has 0 radical (unpaired) electrons. The molecular formula is C22H32N4O2. The van der Waals surface area contributed by atoms with Crippen molar-refractivity contribution in [3.8, 4) is 11.8 Å². The molecule has 1 aromatic rings. The number of methoxy groups -OCH3 is 1. The first-order valence-corrected chi connectivity index (χ1v) is 10.4. The van der Waals surface area contributed by atoms with Gasteiger partial charge in [0, 0.05) is 31.6 Å². The van der Waals surface area contributed by atoms with Gasteiger partial charge in [0.15, 0.2) is 0 Å². The van der Waals surface area contributed by atoms with Crippen molar-refractivity contribution in [3.63, 3.8) is 0 Å². The lowest BCUT2D eigenvalue weighted by atomic mass is 9.84. The Morgan fingerprint density at radius 1 is 1.29 bits per heavy atom. The molecule has 152 valence electrons. The second-order valence-electron chi connectivity index (χ2n) is 8.21. The van der Waals surface area contributed by atoms with Gasteiger partial charge in [-0.1, -0.05) is 32.1 Å². The molecule has 1 amide bonds. The summed E-state index contributed by atoms with van der Waals surface area (Å²) in [6, 6.07) is 9.77. The SMILES string of the molecule is COc1ccc(N2CCC(C#N)(NC(=O)C(N)CC3CCCCC3)CC2)cc1. The molecular weight excluding hydrogens is 352 g/mol. The number of rotatable bonds is 6. The summed E-state index contributed by atoms with van der Waals surface area (Å²) in [4.78, 5) is 14.9. The van der Waals surface area contributed by atoms with E-state index < -0.39 is 11.6 Å². The van der Waals surface area contributed by atoms with Crippen molar-refractivity contribution in [2.45, 2.75) is 62.9 Å². The fourth-order valence-electron chi connectivity index (χ4n) is 4.42. The minimum atomic E-state index is -0.815. The Morgan fingerprint density at radius 3 is 2.50 bits per heavy atom. The van der Waals surface area contributed by atoms with Gasteiger partial charge in [0.05, 0.1) is 19.2 Å². The number of amides is 1. The van der Waals surface area contributed by atoms with Crippen LogP contribution in [0.2, 0.25) is 0 Å². The van der Waals surface area contributed by atoms with Crippen LogP contribution in [0.4, 0.5) is 5.69 Å². The van der Waals surface area contributed by atoms with Crippen LogP contribution < -0.4 is 20.7 Å². The van der Waals surface area contributed by atoms with Crippen LogP contribution in [-0.4, -0.2) is 37.7 Å². The summed E-state index contributed by atoms with van der Waals surface area (Å²) in [7, 11) is 1.65. The summed E-state index contributed by atoms with van der Waals surface area (Å²) >= 11 is 0. The number of benzene rings is 1. The van der Waals surface area contributed by atoms with Crippen molar-refractivity contribution >= 4 is 11.6 Å². The predicted octanol–water partition coefficient (Wildman–Crippen LogP) is 2.97. The summed E-state index contributed by atoms with van der Waals surface area (Å²) in [6.45, 7) is 1.44. The summed E-state index contributed by atoms with van der Waals surface area (Å²) in [5.74, 6) is 1.20. The first kappa shape index (κ1) is 20.5. The van der Waals surface area contributed by atoms with Crippen LogP contribution in [0.25, 0.3) is 0 Å². The first-order valence-electron chi connectivity index (χ1n) is 10.4. The van der Waals surface area contributed by atoms with Crippen LogP contribution in [0.3, 0.4) is 0 Å². The molecule has 0 spiro atoms. The minimum Gasteiger partial charge on any atom is -0.497 e. The van der Waals surface area contributed by atoms with Gasteiger partial charge in [-0.15, -0.1) is 0 Å². The Hall–Kier alpha value is -2.26. The van der Waals surface area contributed by atoms with Gasteiger partial charge in [0.1, 0.15) is 11.3 Å². The molecule has 0 bridgehead atoms. The first-order chi connectivity index (χ1) is 13.5. The van der Waals surface area contributed by atoms with Gasteiger partial charge in [-0.3, -0.25) is 4.79 Å². The summed E-state index contributed by atoms with van der Waals surface area (Å²) < 4.78 is 5.21. The molecule has 6 nitrogen and oxygen atoms in total. The molecule has 1 aromatic carbocycles. The zero-order valence-electron chi connectivity index (χ0n) is 16.8. The normalized spacial score (nSPS) is 20.8. The summed E-state index contributed by atoms with van der Waals surface area (Å²) in [6.07, 6.45) is 8.02. The average molecular weight is 385 g/mol. The highest BCUT2D eigenvalue weighted by Crippen LogP contribution is 2.29. The van der Waals surface area contributed by atoms with E-state index in [1.165, 1.54) is 32.1 Å². The number of hydrogen-bond acceptors (Lipinski definition) is 5. The number of nitrogens with two attached hydrogens (primary N) is 1. The van der Waals surface area contributed by atoms with E-state index in [2.05, 4.69) is 16.3 Å². The maximum atomic E-state index is 12.7. The van der Waals surface area contributed by atoms with Gasteiger partial charge < -0.3 is 20.7 Å². The molecule has 1 atom stereocenters. The molecule has 3 N–H and O–H groups in total. The standard InChI is InChI=1S/C22H32N4O2/c1-28-19-9-7-18(8-10-19)26-13-11-22(16-23,12-14-26)25-21(27)20(24)15-17-5-3-2-4-6-17/h7-10,17,20H,2-6,11-15,24H2,1H3,(H,25,27). The second-order valence-corrected chi connectivity index (χ2v) is 8.21. The van der Waals surface area contributed by atoms with Crippen molar-refractivity contribution < 1.29 is 9.53 Å². The maximum absolute atomic E-state index is 12.7. The fourth-order valence-corrected chi connectivity index (χ4v) is 4.42. The average Bonchev–Trinajstić information content (AvgIpc) is 2.75. The highest BCUT2D eigenvalue weighted by molar-refractivity contribution is 5.82. The molecule has 1 aliphatic carbocycles. The van der Waals surface area contributed by atoms with E-state index in [9.17, 15) is 10.1 Å². The largest absolute Gasteiger partial charge is 0.497 e. The summed E-state index contributed by atoms with van der Waals surface area (Å²) in [5.41, 5.74) is 6.47. The lowest BCUT2D eigenvalue weighted by molar-refractivity contribution is -0.124. The van der Waals surface area contributed by atoms with Crippen molar-refractivity contribution in [3.05, 3.63) is 24.3 Å². The van der Waals surface area contributed by atoms with Gasteiger partial charge in [-0.05, 0) is 36.6 Å². The molecule has 3 rings (SSSR count). The van der Waals surface area contributed by atoms with Crippen LogP contribution in [0.1, 0.15) is 51.4 Å². The third-order valence-corrected chi connectivity index (χ3v) is 6.28. The molecule has 2 fully saturated rings. The lowest BCUT2D eigenvalue weighted by Crippen LogP contribution is -2.58. The third-order valence-electron chi connectivity index (χ3n) is 6.28. The third kappa shape index (κ3) is 4.96. The van der Waals surface area contributed by atoms with Crippen LogP contribution in [0, 0.1) is 17.2 Å². The van der Waals surface area contributed by atoms with E-state index in [0.29, 0.717) is 18.8 Å². The minimum absolute atomic E-state index is 0.176. The molecule has 1 aliphatic heterocycles. The Bertz CT molecular complexity index is 683. The Kier molecular flexibility index (Phi) is 6.79. The molecule has 0 aromatic heterocycles. The Balaban J connectivity index is 1.54. The van der Waals surface area contributed by atoms with Gasteiger partial charge in [0.25, 0.3) is 0 Å². The van der Waals surface area contributed by atoms with E-state index in [1.54, 1.807) is 7.11 Å². The highest BCUT2D eigenvalue weighted by Gasteiger charge is 2.37. The van der Waals surface area contributed by atoms with Crippen LogP contribution >= 0.6 is 0 Å². The highest BCUT2D eigenvalue weighted by atomic mass is 16.5. The predicted molar refractivity (Wildman–Crippen MR) is 110 cm³/mol. The van der Waals surface area contributed by atoms with E-state index in [-0.39, 0.29) is 5.91 Å². The topological polar surface area (TPSA) is 91.4 Å². The molecule has 2 aliphatic rings. The number of carbonyl (C=O) groups excluding carboxylic acids is 1. The van der Waals surface area contributed by atoms with Gasteiger partial charge >= 0.3 is 0 Å². The van der Waals surface area contributed by atoms with Crippen LogP contribution in [0.15, 0.2) is 24.3 Å². The second kappa shape index (κ2) is 9.29. The quantitative estimate of drug-likeness (QED) is 0.787. The van der Waals surface area contributed by atoms with Crippen LogP contribution in [-0.2, 0) is 4.79 Å². The number of piperidine rings is 1. The zero-order chi connectivity index (χ0) is 20.0. The lowest BCUT2D eigenvalue weighted by Gasteiger charge is -2.39. The number of ether oxygens (including phenoxy) is 1. The number of hydrogen-bond donors (Lipinski definition) is 2. The number of nitrogens with zero attached hydrogens (tertiary/aromatic N) is 2. The monoisotopic (exact) mass is 384 g/mol. The molecule has 1 saturated heterocycles. The van der Waals surface area contributed by atoms with Crippen molar-refractivity contribution in [1.82, 2.24) is 5.32 Å². The smallest absolute Gasteiger partial charge is 0.238 e. The molecule has 28 heavy (non-hydrogen) atoms. The van der Waals surface area contributed by atoms with E-state index in [1.807, 2.05) is 24.3 Å². The maximum Gasteiger partial charge on any atom is 0.238 e. The van der Waals surface area contributed by atoms with Gasteiger partial charge in [0.2, 0.25) is 5.91 Å². The van der Waals surface area contributed by atoms with Crippen molar-refractivity contribution in [2.75, 3.05) is 25.1 Å². The van der Waals surface area contributed by atoms with E-state index in [0.717, 1.165) is 30.9 Å². The van der Waals surface area contributed by atoms with Gasteiger partial charge in [-0.2, -0.15) is 5.26 Å². The zero-order valence-corrected chi connectivity index (χ0v) is 16.8. The van der Waals surface area contributed by atoms with Gasteiger partial charge in [-0.25, -0.2) is 0 Å². The van der Waals surface area contributed by atoms with Crippen molar-refractivity contribution in [2.24, 2.45) is 11.7 Å². The van der Waals surface area contributed by atoms with Crippen molar-refractivity contribution in [1.29, 1.82) is 5.26 Å². The molecule has 1 heterocycles. The Labute approximate surface area is 168 Å². The van der Waals surface area contributed by atoms with Crippen LogP contribution in [0.5, 0.6) is 5.75 Å². The fraction of sp³-hybridized carbons (Fsp3) is 0.636. The Morgan fingerprint density at radius 2 is 1.93 bits per heavy atom. The number of nitrogens with one attached hydrogen (secondary N) is 1. The number of nitriles is 1. The molecule has 1 unspecified atom stereocenters.